The number of benzene rings is 1. The van der Waals surface area contributed by atoms with Crippen LogP contribution in [-0.2, 0) is 4.79 Å². The van der Waals surface area contributed by atoms with Crippen molar-refractivity contribution in [2.24, 2.45) is 5.10 Å². The summed E-state index contributed by atoms with van der Waals surface area (Å²) in [4.78, 5) is 19.1. The average molecular weight is 296 g/mol. The number of carbonyl (C=O) groups is 1. The molecule has 1 aromatic carbocycles. The normalized spacial score (nSPS) is 15.0. The van der Waals surface area contributed by atoms with Crippen LogP contribution in [0.3, 0.4) is 0 Å². The van der Waals surface area contributed by atoms with E-state index in [1.165, 1.54) is 0 Å². The number of nitrogens with zero attached hydrogens (tertiary/aromatic N) is 2. The number of amides is 1. The van der Waals surface area contributed by atoms with E-state index in [1.54, 1.807) is 11.3 Å². The first kappa shape index (κ1) is 12.3. The fourth-order valence-corrected chi connectivity index (χ4v) is 3.04. The van der Waals surface area contributed by atoms with Crippen LogP contribution in [0, 0.1) is 0 Å². The molecule has 2 N–H and O–H groups in total. The van der Waals surface area contributed by atoms with Crippen molar-refractivity contribution >= 4 is 34.0 Å². The van der Waals surface area contributed by atoms with E-state index in [0.29, 0.717) is 12.8 Å². The van der Waals surface area contributed by atoms with Gasteiger partial charge in [0.25, 0.3) is 0 Å². The van der Waals surface area contributed by atoms with E-state index in [0.717, 1.165) is 33.7 Å². The Morgan fingerprint density at radius 1 is 1.14 bits per heavy atom. The quantitative estimate of drug-likeness (QED) is 0.763. The number of nitrogens with one attached hydrogen (secondary N) is 2. The van der Waals surface area contributed by atoms with E-state index in [2.05, 4.69) is 25.9 Å². The number of aromatic nitrogens is 2. The topological polar surface area (TPSA) is 70.1 Å². The maximum atomic E-state index is 11.2. The van der Waals surface area contributed by atoms with Gasteiger partial charge in [-0.05, 0) is 23.6 Å². The number of carbonyl (C=O) groups excluding carboxylic acids is 1. The van der Waals surface area contributed by atoms with Crippen LogP contribution in [0.2, 0.25) is 0 Å². The number of rotatable bonds is 2. The van der Waals surface area contributed by atoms with Gasteiger partial charge in [0, 0.05) is 29.3 Å². The van der Waals surface area contributed by atoms with E-state index in [-0.39, 0.29) is 5.91 Å². The van der Waals surface area contributed by atoms with Crippen molar-refractivity contribution in [2.45, 2.75) is 12.8 Å². The number of hydrogen-bond acceptors (Lipinski definition) is 4. The fourth-order valence-electron chi connectivity index (χ4n) is 2.40. The SMILES string of the molecule is O=C1CCC(c2ccc3[nH]c(-c4ccsc4)nc3c2)=NN1. The molecule has 0 radical (unpaired) electrons. The molecule has 3 aromatic rings. The molecule has 0 spiro atoms. The highest BCUT2D eigenvalue weighted by Crippen LogP contribution is 2.23. The third kappa shape index (κ3) is 2.23. The molecule has 0 aliphatic carbocycles. The molecule has 0 saturated carbocycles. The molecule has 104 valence electrons. The largest absolute Gasteiger partial charge is 0.338 e. The maximum absolute atomic E-state index is 11.2. The monoisotopic (exact) mass is 296 g/mol. The van der Waals surface area contributed by atoms with Crippen molar-refractivity contribution in [3.05, 3.63) is 40.6 Å². The van der Waals surface area contributed by atoms with Gasteiger partial charge in [-0.25, -0.2) is 10.4 Å². The van der Waals surface area contributed by atoms with Crippen LogP contribution in [0.25, 0.3) is 22.4 Å². The second-order valence-corrected chi connectivity index (χ2v) is 5.70. The highest BCUT2D eigenvalue weighted by atomic mass is 32.1. The molecule has 6 heteroatoms. The van der Waals surface area contributed by atoms with Crippen LogP contribution >= 0.6 is 11.3 Å². The van der Waals surface area contributed by atoms with Crippen molar-refractivity contribution < 1.29 is 4.79 Å². The van der Waals surface area contributed by atoms with Crippen LogP contribution in [-0.4, -0.2) is 21.6 Å². The lowest BCUT2D eigenvalue weighted by Gasteiger charge is -2.11. The van der Waals surface area contributed by atoms with Gasteiger partial charge in [0.15, 0.2) is 0 Å². The summed E-state index contributed by atoms with van der Waals surface area (Å²) in [6.45, 7) is 0. The molecule has 0 bridgehead atoms. The van der Waals surface area contributed by atoms with Gasteiger partial charge >= 0.3 is 0 Å². The highest BCUT2D eigenvalue weighted by Gasteiger charge is 2.14. The average Bonchev–Trinajstić information content (AvgIpc) is 3.16. The number of imidazole rings is 1. The zero-order valence-corrected chi connectivity index (χ0v) is 11.9. The standard InChI is InChI=1S/C15H12N4OS/c20-14-4-3-11(18-19-14)9-1-2-12-13(7-9)17-15(16-12)10-5-6-21-8-10/h1-2,5-8H,3-4H2,(H,16,17)(H,19,20). The van der Waals surface area contributed by atoms with Crippen LogP contribution in [0.4, 0.5) is 0 Å². The molecular weight excluding hydrogens is 284 g/mol. The zero-order valence-electron chi connectivity index (χ0n) is 11.1. The molecule has 0 unspecified atom stereocenters. The number of aromatic amines is 1. The molecule has 0 fully saturated rings. The van der Waals surface area contributed by atoms with Crippen LogP contribution in [0.5, 0.6) is 0 Å². The molecule has 3 heterocycles. The Morgan fingerprint density at radius 2 is 2.10 bits per heavy atom. The van der Waals surface area contributed by atoms with Gasteiger partial charge in [-0.3, -0.25) is 4.79 Å². The fraction of sp³-hybridized carbons (Fsp3) is 0.133. The lowest BCUT2D eigenvalue weighted by Crippen LogP contribution is -2.25. The first-order valence-corrected chi connectivity index (χ1v) is 7.62. The van der Waals surface area contributed by atoms with Crippen molar-refractivity contribution in [3.63, 3.8) is 0 Å². The predicted octanol–water partition coefficient (Wildman–Crippen LogP) is 2.91. The molecule has 21 heavy (non-hydrogen) atoms. The predicted molar refractivity (Wildman–Crippen MR) is 83.3 cm³/mol. The van der Waals surface area contributed by atoms with Gasteiger partial charge in [0.2, 0.25) is 5.91 Å². The molecule has 4 rings (SSSR count). The van der Waals surface area contributed by atoms with Gasteiger partial charge in [0.1, 0.15) is 5.82 Å². The van der Waals surface area contributed by atoms with Crippen molar-refractivity contribution in [1.82, 2.24) is 15.4 Å². The van der Waals surface area contributed by atoms with Gasteiger partial charge < -0.3 is 4.98 Å². The van der Waals surface area contributed by atoms with Crippen molar-refractivity contribution in [2.75, 3.05) is 0 Å². The summed E-state index contributed by atoms with van der Waals surface area (Å²) < 4.78 is 0. The first-order valence-electron chi connectivity index (χ1n) is 6.68. The first-order chi connectivity index (χ1) is 10.3. The summed E-state index contributed by atoms with van der Waals surface area (Å²) in [5.41, 5.74) is 7.44. The summed E-state index contributed by atoms with van der Waals surface area (Å²) in [7, 11) is 0. The maximum Gasteiger partial charge on any atom is 0.240 e. The Kier molecular flexibility index (Phi) is 2.82. The summed E-state index contributed by atoms with van der Waals surface area (Å²) in [6, 6.07) is 8.07. The van der Waals surface area contributed by atoms with E-state index >= 15 is 0 Å². The van der Waals surface area contributed by atoms with Gasteiger partial charge in [-0.2, -0.15) is 16.4 Å². The lowest BCUT2D eigenvalue weighted by molar-refractivity contribution is -0.121. The lowest BCUT2D eigenvalue weighted by atomic mass is 10.0. The number of hydrazone groups is 1. The molecule has 2 aromatic heterocycles. The zero-order chi connectivity index (χ0) is 14.2. The van der Waals surface area contributed by atoms with Gasteiger partial charge in [-0.1, -0.05) is 6.07 Å². The van der Waals surface area contributed by atoms with Crippen LogP contribution in [0.1, 0.15) is 18.4 Å². The minimum absolute atomic E-state index is 0.0284. The van der Waals surface area contributed by atoms with E-state index in [1.807, 2.05) is 29.6 Å². The van der Waals surface area contributed by atoms with E-state index in [9.17, 15) is 4.79 Å². The molecule has 1 amide bonds. The molecule has 0 atom stereocenters. The number of fused-ring (bicyclic) bond motifs is 1. The Bertz CT molecular complexity index is 848. The second-order valence-electron chi connectivity index (χ2n) is 4.92. The van der Waals surface area contributed by atoms with Gasteiger partial charge in [0.05, 0.1) is 16.7 Å². The molecule has 1 aliphatic rings. The molecule has 0 saturated heterocycles. The Hall–Kier alpha value is -2.47. The summed E-state index contributed by atoms with van der Waals surface area (Å²) in [5.74, 6) is 0.849. The minimum Gasteiger partial charge on any atom is -0.338 e. The third-order valence-electron chi connectivity index (χ3n) is 3.52. The van der Waals surface area contributed by atoms with E-state index < -0.39 is 0 Å². The Labute approximate surface area is 124 Å². The summed E-state index contributed by atoms with van der Waals surface area (Å²) >= 11 is 1.65. The molecule has 5 nitrogen and oxygen atoms in total. The van der Waals surface area contributed by atoms with Crippen molar-refractivity contribution in [3.8, 4) is 11.4 Å². The smallest absolute Gasteiger partial charge is 0.240 e. The Morgan fingerprint density at radius 3 is 2.86 bits per heavy atom. The van der Waals surface area contributed by atoms with Crippen LogP contribution in [0.15, 0.2) is 40.1 Å². The Balaban J connectivity index is 1.75. The number of thiophene rings is 1. The highest BCUT2D eigenvalue weighted by molar-refractivity contribution is 7.08. The van der Waals surface area contributed by atoms with E-state index in [4.69, 9.17) is 0 Å². The summed E-state index contributed by atoms with van der Waals surface area (Å²) in [5, 5.41) is 8.23. The molecule has 1 aliphatic heterocycles. The number of hydrogen-bond donors (Lipinski definition) is 2. The summed E-state index contributed by atoms with van der Waals surface area (Å²) in [6.07, 6.45) is 1.15. The van der Waals surface area contributed by atoms with Gasteiger partial charge in [-0.15, -0.1) is 0 Å². The minimum atomic E-state index is -0.0284. The third-order valence-corrected chi connectivity index (χ3v) is 4.20. The van der Waals surface area contributed by atoms with Crippen LogP contribution < -0.4 is 5.43 Å². The van der Waals surface area contributed by atoms with Crippen molar-refractivity contribution in [1.29, 1.82) is 0 Å². The second kappa shape index (κ2) is 4.82. The molecular formula is C15H12N4OS. The number of H-pyrrole nitrogens is 1.